The number of carboxylic acids is 1. The summed E-state index contributed by atoms with van der Waals surface area (Å²) in [5, 5.41) is 11.6. The number of aromatic nitrogens is 1. The van der Waals surface area contributed by atoms with Crippen LogP contribution >= 0.6 is 11.3 Å². The van der Waals surface area contributed by atoms with Gasteiger partial charge in [0.1, 0.15) is 12.1 Å². The molecule has 5 heteroatoms. The van der Waals surface area contributed by atoms with Crippen molar-refractivity contribution in [2.45, 2.75) is 6.54 Å². The molecule has 2 heterocycles. The topological polar surface area (TPSA) is 59.3 Å². The number of hydrogen-bond donors (Lipinski definition) is 1. The van der Waals surface area contributed by atoms with Crippen molar-refractivity contribution in [1.82, 2.24) is 4.57 Å². The third-order valence-electron chi connectivity index (χ3n) is 2.86. The van der Waals surface area contributed by atoms with Crippen LogP contribution in [0.4, 0.5) is 0 Å². The van der Waals surface area contributed by atoms with Gasteiger partial charge in [-0.2, -0.15) is 0 Å². The molecule has 0 unspecified atom stereocenters. The molecule has 0 bridgehead atoms. The molecule has 2 aromatic heterocycles. The van der Waals surface area contributed by atoms with Crippen LogP contribution in [0.25, 0.3) is 21.1 Å². The third-order valence-corrected chi connectivity index (χ3v) is 3.78. The molecule has 3 rings (SSSR count). The van der Waals surface area contributed by atoms with Gasteiger partial charge < -0.3 is 9.67 Å². The number of rotatable bonds is 2. The van der Waals surface area contributed by atoms with E-state index in [-0.39, 0.29) is 12.0 Å². The Hall–Kier alpha value is -2.14. The molecule has 0 saturated heterocycles. The summed E-state index contributed by atoms with van der Waals surface area (Å²) in [4.78, 5) is 22.9. The average Bonchev–Trinajstić information content (AvgIpc) is 2.66. The van der Waals surface area contributed by atoms with E-state index in [0.29, 0.717) is 5.52 Å². The Morgan fingerprint density at radius 2 is 2.06 bits per heavy atom. The zero-order valence-corrected chi connectivity index (χ0v) is 10.1. The standard InChI is InChI=1S/C13H9NO3S/c15-10-5-6-18-13-8-3-1-2-4-9(8)14(12(10)13)7-11(16)17/h1-6H,7H2,(H,16,17). The number of aliphatic carboxylic acids is 1. The summed E-state index contributed by atoms with van der Waals surface area (Å²) >= 11 is 1.45. The van der Waals surface area contributed by atoms with Crippen molar-refractivity contribution in [3.05, 3.63) is 45.9 Å². The number of para-hydroxylation sites is 1. The largest absolute Gasteiger partial charge is 0.480 e. The van der Waals surface area contributed by atoms with E-state index in [1.807, 2.05) is 24.3 Å². The van der Waals surface area contributed by atoms with Crippen LogP contribution in [0, 0.1) is 0 Å². The van der Waals surface area contributed by atoms with Gasteiger partial charge in [0.05, 0.1) is 10.2 Å². The van der Waals surface area contributed by atoms with Crippen LogP contribution in [-0.2, 0) is 11.3 Å². The van der Waals surface area contributed by atoms with Gasteiger partial charge in [0.25, 0.3) is 0 Å². The maximum absolute atomic E-state index is 11.9. The van der Waals surface area contributed by atoms with Crippen molar-refractivity contribution < 1.29 is 9.90 Å². The lowest BCUT2D eigenvalue weighted by atomic mass is 10.2. The van der Waals surface area contributed by atoms with Crippen LogP contribution in [-0.4, -0.2) is 15.6 Å². The first-order valence-corrected chi connectivity index (χ1v) is 6.27. The van der Waals surface area contributed by atoms with Gasteiger partial charge in [-0.25, -0.2) is 0 Å². The SMILES string of the molecule is O=C(O)Cn1c2ccccc2c2sccc(=O)c21. The van der Waals surface area contributed by atoms with Crippen LogP contribution in [0.3, 0.4) is 0 Å². The van der Waals surface area contributed by atoms with E-state index in [1.54, 1.807) is 9.95 Å². The van der Waals surface area contributed by atoms with Crippen molar-refractivity contribution in [2.75, 3.05) is 0 Å². The Bertz CT molecular complexity index is 816. The Morgan fingerprint density at radius 3 is 2.83 bits per heavy atom. The minimum atomic E-state index is -0.953. The lowest BCUT2D eigenvalue weighted by Gasteiger charge is -2.01. The minimum absolute atomic E-state index is 0.138. The summed E-state index contributed by atoms with van der Waals surface area (Å²) in [5.41, 5.74) is 1.13. The third kappa shape index (κ3) is 1.52. The highest BCUT2D eigenvalue weighted by molar-refractivity contribution is 7.17. The summed E-state index contributed by atoms with van der Waals surface area (Å²) in [6, 6.07) is 8.95. The van der Waals surface area contributed by atoms with Gasteiger partial charge in [0.15, 0.2) is 0 Å². The summed E-state index contributed by atoms with van der Waals surface area (Å²) < 4.78 is 2.42. The molecule has 0 spiro atoms. The molecule has 0 amide bonds. The van der Waals surface area contributed by atoms with Gasteiger partial charge in [-0.15, -0.1) is 11.3 Å². The second kappa shape index (κ2) is 3.96. The minimum Gasteiger partial charge on any atom is -0.480 e. The fourth-order valence-corrected chi connectivity index (χ4v) is 3.13. The normalized spacial score (nSPS) is 11.1. The Kier molecular flexibility index (Phi) is 2.41. The molecule has 90 valence electrons. The molecule has 0 aliphatic carbocycles. The zero-order chi connectivity index (χ0) is 12.7. The zero-order valence-electron chi connectivity index (χ0n) is 9.29. The van der Waals surface area contributed by atoms with Gasteiger partial charge in [-0.05, 0) is 17.5 Å². The summed E-state index contributed by atoms with van der Waals surface area (Å²) in [6.07, 6.45) is 0. The Labute approximate surface area is 106 Å². The maximum atomic E-state index is 11.9. The highest BCUT2D eigenvalue weighted by atomic mass is 32.1. The van der Waals surface area contributed by atoms with Crippen molar-refractivity contribution in [2.24, 2.45) is 0 Å². The molecule has 18 heavy (non-hydrogen) atoms. The monoisotopic (exact) mass is 259 g/mol. The average molecular weight is 259 g/mol. The summed E-state index contributed by atoms with van der Waals surface area (Å²) in [6.45, 7) is -0.198. The van der Waals surface area contributed by atoms with E-state index in [9.17, 15) is 9.59 Å². The Morgan fingerprint density at radius 1 is 1.28 bits per heavy atom. The van der Waals surface area contributed by atoms with Crippen molar-refractivity contribution in [3.8, 4) is 0 Å². The molecule has 0 fully saturated rings. The van der Waals surface area contributed by atoms with Crippen molar-refractivity contribution in [1.29, 1.82) is 0 Å². The highest BCUT2D eigenvalue weighted by Crippen LogP contribution is 2.29. The first kappa shape index (κ1) is 11.0. The predicted molar refractivity (Wildman–Crippen MR) is 71.2 cm³/mol. The number of carboxylic acid groups (broad SMARTS) is 1. The van der Waals surface area contributed by atoms with Crippen LogP contribution < -0.4 is 5.43 Å². The van der Waals surface area contributed by atoms with Crippen molar-refractivity contribution >= 4 is 38.4 Å². The number of hydrogen-bond acceptors (Lipinski definition) is 3. The highest BCUT2D eigenvalue weighted by Gasteiger charge is 2.14. The number of carbonyl (C=O) groups is 1. The first-order valence-electron chi connectivity index (χ1n) is 5.39. The molecular weight excluding hydrogens is 250 g/mol. The summed E-state index contributed by atoms with van der Waals surface area (Å²) in [5.74, 6) is -0.953. The van der Waals surface area contributed by atoms with E-state index in [1.165, 1.54) is 17.4 Å². The lowest BCUT2D eigenvalue weighted by molar-refractivity contribution is -0.137. The van der Waals surface area contributed by atoms with E-state index in [2.05, 4.69) is 0 Å². The maximum Gasteiger partial charge on any atom is 0.323 e. The lowest BCUT2D eigenvalue weighted by Crippen LogP contribution is -2.12. The second-order valence-corrected chi connectivity index (χ2v) is 4.88. The second-order valence-electron chi connectivity index (χ2n) is 3.96. The van der Waals surface area contributed by atoms with Gasteiger partial charge in [0.2, 0.25) is 5.43 Å². The molecule has 0 atom stereocenters. The smallest absolute Gasteiger partial charge is 0.323 e. The number of nitrogens with zero attached hydrogens (tertiary/aromatic N) is 1. The van der Waals surface area contributed by atoms with Gasteiger partial charge in [0, 0.05) is 5.39 Å². The molecule has 1 aromatic carbocycles. The van der Waals surface area contributed by atoms with Crippen LogP contribution in [0.15, 0.2) is 40.5 Å². The van der Waals surface area contributed by atoms with Gasteiger partial charge in [-0.1, -0.05) is 18.2 Å². The van der Waals surface area contributed by atoms with E-state index in [4.69, 9.17) is 5.11 Å². The fourth-order valence-electron chi connectivity index (χ4n) is 2.18. The van der Waals surface area contributed by atoms with E-state index in [0.717, 1.165) is 15.6 Å². The number of fused-ring (bicyclic) bond motifs is 3. The van der Waals surface area contributed by atoms with Gasteiger partial charge >= 0.3 is 5.97 Å². The first-order chi connectivity index (χ1) is 8.68. The Balaban J connectivity index is 2.55. The predicted octanol–water partition coefficient (Wildman–Crippen LogP) is 2.30. The number of benzene rings is 1. The van der Waals surface area contributed by atoms with Gasteiger partial charge in [-0.3, -0.25) is 9.59 Å². The van der Waals surface area contributed by atoms with Crippen molar-refractivity contribution in [3.63, 3.8) is 0 Å². The quantitative estimate of drug-likeness (QED) is 0.768. The van der Waals surface area contributed by atoms with Crippen LogP contribution in [0.1, 0.15) is 0 Å². The van der Waals surface area contributed by atoms with Crippen LogP contribution in [0.5, 0.6) is 0 Å². The molecule has 0 saturated carbocycles. The molecule has 3 aromatic rings. The molecule has 0 radical (unpaired) electrons. The molecule has 0 aliphatic rings. The molecule has 1 N–H and O–H groups in total. The molecule has 0 aliphatic heterocycles. The van der Waals surface area contributed by atoms with E-state index < -0.39 is 5.97 Å². The summed E-state index contributed by atoms with van der Waals surface area (Å²) in [7, 11) is 0. The fraction of sp³-hybridized carbons (Fsp3) is 0.0769. The van der Waals surface area contributed by atoms with E-state index >= 15 is 0 Å². The van der Waals surface area contributed by atoms with Crippen LogP contribution in [0.2, 0.25) is 0 Å². The molecule has 4 nitrogen and oxygen atoms in total. The molecular formula is C13H9NO3S.